The van der Waals surface area contributed by atoms with Gasteiger partial charge >= 0.3 is 0 Å². The maximum atomic E-state index is 2.28. The van der Waals surface area contributed by atoms with E-state index in [0.717, 1.165) is 0 Å². The van der Waals surface area contributed by atoms with Crippen molar-refractivity contribution in [3.8, 4) is 0 Å². The molecule has 0 heterocycles. The van der Waals surface area contributed by atoms with E-state index in [4.69, 9.17) is 0 Å². The molecule has 0 saturated heterocycles. The fourth-order valence-electron chi connectivity index (χ4n) is 3.24. The van der Waals surface area contributed by atoms with E-state index >= 15 is 0 Å². The van der Waals surface area contributed by atoms with Crippen LogP contribution < -0.4 is 0 Å². The quantitative estimate of drug-likeness (QED) is 0.184. The summed E-state index contributed by atoms with van der Waals surface area (Å²) in [7, 11) is 0. The molecule has 0 spiro atoms. The molecular weight excluding hydrogens is 467 g/mol. The first-order valence-corrected chi connectivity index (χ1v) is 8.63. The Bertz CT molecular complexity index is 928. The number of hydrogen-bond acceptors (Lipinski definition) is 0. The first-order valence-electron chi connectivity index (χ1n) is 8.63. The molecule has 0 amide bonds. The van der Waals surface area contributed by atoms with Crippen LogP contribution in [0, 0.1) is 41.5 Å². The molecular formula is C24H26Hf-2. The van der Waals surface area contributed by atoms with Gasteiger partial charge in [0.2, 0.25) is 0 Å². The Morgan fingerprint density at radius 1 is 0.560 bits per heavy atom. The van der Waals surface area contributed by atoms with Gasteiger partial charge in [0, 0.05) is 25.8 Å². The first kappa shape index (κ1) is 19.8. The minimum Gasteiger partial charge on any atom is -0.168 e. The molecule has 4 rings (SSSR count). The average molecular weight is 493 g/mol. The molecule has 0 aliphatic heterocycles. The summed E-state index contributed by atoms with van der Waals surface area (Å²) in [5.41, 5.74) is 8.30. The molecule has 0 bridgehead atoms. The van der Waals surface area contributed by atoms with Crippen molar-refractivity contribution in [2.75, 3.05) is 0 Å². The van der Waals surface area contributed by atoms with Crippen LogP contribution in [0.3, 0.4) is 0 Å². The number of rotatable bonds is 0. The van der Waals surface area contributed by atoms with Crippen molar-refractivity contribution in [3.05, 3.63) is 81.9 Å². The van der Waals surface area contributed by atoms with Gasteiger partial charge in [-0.2, -0.15) is 24.3 Å². The van der Waals surface area contributed by atoms with E-state index in [-0.39, 0.29) is 25.8 Å². The van der Waals surface area contributed by atoms with Gasteiger partial charge in [-0.15, -0.1) is 56.9 Å². The Balaban J connectivity index is 0.000000173. The molecule has 25 heavy (non-hydrogen) atoms. The van der Waals surface area contributed by atoms with Gasteiger partial charge in [-0.3, -0.25) is 0 Å². The maximum Gasteiger partial charge on any atom is 0 e. The normalized spacial score (nSPS) is 10.5. The number of fused-ring (bicyclic) bond motifs is 2. The summed E-state index contributed by atoms with van der Waals surface area (Å²) in [4.78, 5) is 0. The van der Waals surface area contributed by atoms with Gasteiger partial charge in [0.1, 0.15) is 0 Å². The van der Waals surface area contributed by atoms with Gasteiger partial charge in [-0.05, 0) is 27.7 Å². The topological polar surface area (TPSA) is 0 Å². The second-order valence-electron chi connectivity index (χ2n) is 7.08. The van der Waals surface area contributed by atoms with Gasteiger partial charge in [0.15, 0.2) is 0 Å². The zero-order valence-corrected chi connectivity index (χ0v) is 19.7. The van der Waals surface area contributed by atoms with Gasteiger partial charge in [-0.1, -0.05) is 36.1 Å². The summed E-state index contributed by atoms with van der Waals surface area (Å²) < 4.78 is 0. The van der Waals surface area contributed by atoms with Crippen molar-refractivity contribution >= 4 is 21.5 Å². The van der Waals surface area contributed by atoms with Crippen molar-refractivity contribution in [2.24, 2.45) is 0 Å². The van der Waals surface area contributed by atoms with E-state index in [1.165, 1.54) is 54.9 Å². The Morgan fingerprint density at radius 3 is 1.24 bits per heavy atom. The van der Waals surface area contributed by atoms with Crippen LogP contribution in [-0.2, 0) is 25.8 Å². The fraction of sp³-hybridized carbons (Fsp3) is 0.250. The molecule has 0 atom stereocenters. The van der Waals surface area contributed by atoms with Gasteiger partial charge in [0.05, 0.1) is 0 Å². The summed E-state index contributed by atoms with van der Waals surface area (Å²) in [5.74, 6) is 0. The van der Waals surface area contributed by atoms with E-state index in [1.807, 2.05) is 0 Å². The SMILES string of the molecule is Cc1cc2cc[c-](C)c2cc1C.Cc1cc2cc[c-](C)c2cc1C.[Hf]. The Morgan fingerprint density at radius 2 is 0.880 bits per heavy atom. The summed E-state index contributed by atoms with van der Waals surface area (Å²) >= 11 is 0. The third kappa shape index (κ3) is 4.03. The van der Waals surface area contributed by atoms with Crippen molar-refractivity contribution in [2.45, 2.75) is 41.5 Å². The molecule has 4 aromatic carbocycles. The smallest absolute Gasteiger partial charge is 0 e. The molecule has 1 heteroatoms. The molecule has 4 aromatic rings. The molecule has 0 aromatic heterocycles. The number of benzene rings is 2. The van der Waals surface area contributed by atoms with E-state index < -0.39 is 0 Å². The molecule has 128 valence electrons. The maximum absolute atomic E-state index is 2.28. The van der Waals surface area contributed by atoms with Crippen LogP contribution in [0.2, 0.25) is 0 Å². The largest absolute Gasteiger partial charge is 0.168 e. The van der Waals surface area contributed by atoms with Gasteiger partial charge in [-0.25, -0.2) is 0 Å². The standard InChI is InChI=1S/2C12H13.Hf/c2*1-8-4-5-11-6-9(2)10(3)7-12(8)11;/h2*4-7H,1-3H3;/q2*-1;. The predicted octanol–water partition coefficient (Wildman–Crippen LogP) is 6.97. The number of hydrogen-bond donors (Lipinski definition) is 0. The van der Waals surface area contributed by atoms with Gasteiger partial charge < -0.3 is 0 Å². The van der Waals surface area contributed by atoms with Crippen molar-refractivity contribution in [3.63, 3.8) is 0 Å². The molecule has 0 nitrogen and oxygen atoms in total. The fourth-order valence-corrected chi connectivity index (χ4v) is 3.24. The second-order valence-corrected chi connectivity index (χ2v) is 7.08. The summed E-state index contributed by atoms with van der Waals surface area (Å²) in [6.45, 7) is 13.0. The minimum absolute atomic E-state index is 0. The third-order valence-electron chi connectivity index (χ3n) is 5.21. The summed E-state index contributed by atoms with van der Waals surface area (Å²) in [6, 6.07) is 17.8. The van der Waals surface area contributed by atoms with Crippen molar-refractivity contribution in [1.29, 1.82) is 0 Å². The molecule has 0 unspecified atom stereocenters. The molecule has 0 N–H and O–H groups in total. The molecule has 0 aliphatic carbocycles. The summed E-state index contributed by atoms with van der Waals surface area (Å²) in [5, 5.41) is 5.54. The average Bonchev–Trinajstić information content (AvgIpc) is 3.06. The van der Waals surface area contributed by atoms with E-state index in [1.54, 1.807) is 0 Å². The zero-order chi connectivity index (χ0) is 17.4. The Labute approximate surface area is 170 Å². The first-order chi connectivity index (χ1) is 11.4. The predicted molar refractivity (Wildman–Crippen MR) is 108 cm³/mol. The van der Waals surface area contributed by atoms with E-state index in [2.05, 4.69) is 90.1 Å². The van der Waals surface area contributed by atoms with Crippen molar-refractivity contribution < 1.29 is 25.8 Å². The van der Waals surface area contributed by atoms with E-state index in [9.17, 15) is 0 Å². The molecule has 0 fully saturated rings. The van der Waals surface area contributed by atoms with Crippen LogP contribution in [0.4, 0.5) is 0 Å². The molecule has 0 saturated carbocycles. The van der Waals surface area contributed by atoms with Crippen LogP contribution in [0.15, 0.2) is 48.5 Å². The van der Waals surface area contributed by atoms with Crippen LogP contribution in [0.25, 0.3) is 21.5 Å². The van der Waals surface area contributed by atoms with E-state index in [0.29, 0.717) is 0 Å². The summed E-state index contributed by atoms with van der Waals surface area (Å²) in [6.07, 6.45) is 0. The van der Waals surface area contributed by atoms with Crippen molar-refractivity contribution in [1.82, 2.24) is 0 Å². The van der Waals surface area contributed by atoms with Crippen LogP contribution in [-0.4, -0.2) is 0 Å². The van der Waals surface area contributed by atoms with Gasteiger partial charge in [0.25, 0.3) is 0 Å². The second kappa shape index (κ2) is 7.83. The number of aryl methyl sites for hydroxylation is 6. The monoisotopic (exact) mass is 494 g/mol. The minimum atomic E-state index is 0. The Hall–Kier alpha value is -1.47. The van der Waals surface area contributed by atoms with Crippen LogP contribution >= 0.6 is 0 Å². The van der Waals surface area contributed by atoms with Crippen LogP contribution in [0.1, 0.15) is 33.4 Å². The zero-order valence-electron chi connectivity index (χ0n) is 16.1. The third-order valence-corrected chi connectivity index (χ3v) is 5.21. The Kier molecular flexibility index (Phi) is 6.21. The molecule has 0 radical (unpaired) electrons. The molecule has 0 aliphatic rings. The van der Waals surface area contributed by atoms with Crippen LogP contribution in [0.5, 0.6) is 0 Å².